The molecule has 6 heteroatoms. The van der Waals surface area contributed by atoms with Crippen LogP contribution in [0.15, 0.2) is 34.9 Å². The average molecular weight is 316 g/mol. The number of amides is 1. The Morgan fingerprint density at radius 1 is 1.26 bits per heavy atom. The quantitative estimate of drug-likeness (QED) is 0.881. The molecule has 1 aromatic carbocycles. The van der Waals surface area contributed by atoms with E-state index < -0.39 is 6.09 Å². The van der Waals surface area contributed by atoms with E-state index in [1.54, 1.807) is 6.07 Å². The van der Waals surface area contributed by atoms with E-state index in [0.717, 1.165) is 17.9 Å². The molecule has 1 heterocycles. The van der Waals surface area contributed by atoms with Crippen molar-refractivity contribution < 1.29 is 18.8 Å². The van der Waals surface area contributed by atoms with Gasteiger partial charge in [0.15, 0.2) is 12.4 Å². The Balaban J connectivity index is 1.57. The van der Waals surface area contributed by atoms with Crippen LogP contribution in [0.4, 0.5) is 4.79 Å². The first-order chi connectivity index (χ1) is 11.2. The molecule has 2 aromatic rings. The van der Waals surface area contributed by atoms with Crippen LogP contribution < -0.4 is 10.5 Å². The van der Waals surface area contributed by atoms with Crippen molar-refractivity contribution >= 4 is 6.09 Å². The van der Waals surface area contributed by atoms with Crippen molar-refractivity contribution in [1.29, 1.82) is 0 Å². The number of rotatable bonds is 6. The molecule has 1 aliphatic rings. The fourth-order valence-corrected chi connectivity index (χ4v) is 2.77. The van der Waals surface area contributed by atoms with Crippen molar-refractivity contribution in [3.8, 4) is 17.0 Å². The number of nitrogens with zero attached hydrogens (tertiary/aromatic N) is 1. The van der Waals surface area contributed by atoms with Gasteiger partial charge in [-0.1, -0.05) is 18.0 Å². The lowest BCUT2D eigenvalue weighted by Gasteiger charge is -2.11. The molecular weight excluding hydrogens is 296 g/mol. The molecule has 23 heavy (non-hydrogen) atoms. The number of ether oxygens (including phenoxy) is 2. The summed E-state index contributed by atoms with van der Waals surface area (Å²) in [6.45, 7) is 0.767. The summed E-state index contributed by atoms with van der Waals surface area (Å²) in [7, 11) is 0. The SMILES string of the molecule is NC(=O)OCc1cc(-c2ccc(OCC3CCCC3)cc2)no1. The monoisotopic (exact) mass is 316 g/mol. The molecule has 1 saturated carbocycles. The van der Waals surface area contributed by atoms with Gasteiger partial charge in [-0.05, 0) is 43.0 Å². The van der Waals surface area contributed by atoms with E-state index >= 15 is 0 Å². The summed E-state index contributed by atoms with van der Waals surface area (Å²) in [4.78, 5) is 10.6. The Labute approximate surface area is 134 Å². The summed E-state index contributed by atoms with van der Waals surface area (Å²) in [6, 6.07) is 9.44. The van der Waals surface area contributed by atoms with Crippen LogP contribution in [-0.4, -0.2) is 17.9 Å². The normalized spacial score (nSPS) is 14.8. The molecule has 0 radical (unpaired) electrons. The topological polar surface area (TPSA) is 87.6 Å². The van der Waals surface area contributed by atoms with Crippen LogP contribution in [0.3, 0.4) is 0 Å². The molecule has 2 N–H and O–H groups in total. The Hall–Kier alpha value is -2.50. The second-order valence-corrected chi connectivity index (χ2v) is 5.77. The van der Waals surface area contributed by atoms with Crippen molar-refractivity contribution in [3.63, 3.8) is 0 Å². The number of carbonyl (C=O) groups is 1. The molecular formula is C17H20N2O4. The zero-order valence-electron chi connectivity index (χ0n) is 12.9. The van der Waals surface area contributed by atoms with E-state index in [-0.39, 0.29) is 6.61 Å². The van der Waals surface area contributed by atoms with Gasteiger partial charge in [-0.2, -0.15) is 0 Å². The Morgan fingerprint density at radius 2 is 2.00 bits per heavy atom. The first kappa shape index (κ1) is 15.4. The predicted octanol–water partition coefficient (Wildman–Crippen LogP) is 3.51. The highest BCUT2D eigenvalue weighted by atomic mass is 16.6. The third-order valence-electron chi connectivity index (χ3n) is 4.03. The molecule has 3 rings (SSSR count). The van der Waals surface area contributed by atoms with E-state index in [0.29, 0.717) is 17.4 Å². The van der Waals surface area contributed by atoms with Gasteiger partial charge in [-0.15, -0.1) is 0 Å². The van der Waals surface area contributed by atoms with E-state index in [1.807, 2.05) is 24.3 Å². The second kappa shape index (κ2) is 7.17. The molecule has 0 unspecified atom stereocenters. The van der Waals surface area contributed by atoms with Gasteiger partial charge in [0.1, 0.15) is 11.4 Å². The fourth-order valence-electron chi connectivity index (χ4n) is 2.77. The smallest absolute Gasteiger partial charge is 0.404 e. The molecule has 0 saturated heterocycles. The summed E-state index contributed by atoms with van der Waals surface area (Å²) in [5.41, 5.74) is 6.50. The highest BCUT2D eigenvalue weighted by molar-refractivity contribution is 5.64. The van der Waals surface area contributed by atoms with Gasteiger partial charge in [0.25, 0.3) is 0 Å². The van der Waals surface area contributed by atoms with Gasteiger partial charge in [-0.3, -0.25) is 0 Å². The van der Waals surface area contributed by atoms with Crippen LogP contribution in [0.1, 0.15) is 31.4 Å². The van der Waals surface area contributed by atoms with Crippen LogP contribution >= 0.6 is 0 Å². The lowest BCUT2D eigenvalue weighted by Crippen LogP contribution is -2.12. The number of primary amides is 1. The van der Waals surface area contributed by atoms with Crippen LogP contribution in [0.25, 0.3) is 11.3 Å². The van der Waals surface area contributed by atoms with E-state index in [1.165, 1.54) is 25.7 Å². The maximum atomic E-state index is 10.6. The average Bonchev–Trinajstić information content (AvgIpc) is 3.23. The molecule has 6 nitrogen and oxygen atoms in total. The van der Waals surface area contributed by atoms with Crippen molar-refractivity contribution in [2.45, 2.75) is 32.3 Å². The number of benzene rings is 1. The Morgan fingerprint density at radius 3 is 2.70 bits per heavy atom. The standard InChI is InChI=1S/C17H20N2O4/c18-17(20)22-11-15-9-16(19-23-15)13-5-7-14(8-6-13)21-10-12-3-1-2-4-12/h5-9,12H,1-4,10-11H2,(H2,18,20). The lowest BCUT2D eigenvalue weighted by atomic mass is 10.1. The predicted molar refractivity (Wildman–Crippen MR) is 83.8 cm³/mol. The first-order valence-corrected chi connectivity index (χ1v) is 7.82. The van der Waals surface area contributed by atoms with Crippen molar-refractivity contribution in [2.24, 2.45) is 11.7 Å². The van der Waals surface area contributed by atoms with E-state index in [4.69, 9.17) is 15.0 Å². The van der Waals surface area contributed by atoms with Crippen molar-refractivity contribution in [1.82, 2.24) is 5.16 Å². The van der Waals surface area contributed by atoms with Gasteiger partial charge in [-0.25, -0.2) is 4.79 Å². The number of hydrogen-bond acceptors (Lipinski definition) is 5. The highest BCUT2D eigenvalue weighted by Crippen LogP contribution is 2.27. The summed E-state index contributed by atoms with van der Waals surface area (Å²) < 4.78 is 15.6. The molecule has 0 bridgehead atoms. The van der Waals surface area contributed by atoms with Gasteiger partial charge in [0.05, 0.1) is 6.61 Å². The molecule has 122 valence electrons. The maximum absolute atomic E-state index is 10.6. The third-order valence-corrected chi connectivity index (χ3v) is 4.03. The van der Waals surface area contributed by atoms with Crippen LogP contribution in [0.5, 0.6) is 5.75 Å². The van der Waals surface area contributed by atoms with Gasteiger partial charge in [0, 0.05) is 11.6 Å². The van der Waals surface area contributed by atoms with E-state index in [9.17, 15) is 4.79 Å². The van der Waals surface area contributed by atoms with Gasteiger partial charge in [0.2, 0.25) is 0 Å². The van der Waals surface area contributed by atoms with E-state index in [2.05, 4.69) is 9.89 Å². The van der Waals surface area contributed by atoms with Crippen LogP contribution in [0, 0.1) is 5.92 Å². The van der Waals surface area contributed by atoms with Gasteiger partial charge < -0.3 is 19.7 Å². The molecule has 0 atom stereocenters. The molecule has 1 fully saturated rings. The molecule has 1 aliphatic carbocycles. The number of carbonyl (C=O) groups excluding carboxylic acids is 1. The number of hydrogen-bond donors (Lipinski definition) is 1. The van der Waals surface area contributed by atoms with Gasteiger partial charge >= 0.3 is 6.09 Å². The van der Waals surface area contributed by atoms with Crippen molar-refractivity contribution in [3.05, 3.63) is 36.1 Å². The summed E-state index contributed by atoms with van der Waals surface area (Å²) in [5, 5.41) is 3.96. The largest absolute Gasteiger partial charge is 0.493 e. The third kappa shape index (κ3) is 4.25. The summed E-state index contributed by atoms with van der Waals surface area (Å²) in [6.07, 6.45) is 4.34. The zero-order chi connectivity index (χ0) is 16.1. The van der Waals surface area contributed by atoms with Crippen molar-refractivity contribution in [2.75, 3.05) is 6.61 Å². The Bertz CT molecular complexity index is 645. The summed E-state index contributed by atoms with van der Waals surface area (Å²) >= 11 is 0. The second-order valence-electron chi connectivity index (χ2n) is 5.77. The number of nitrogens with two attached hydrogens (primary N) is 1. The maximum Gasteiger partial charge on any atom is 0.404 e. The molecule has 1 aromatic heterocycles. The first-order valence-electron chi connectivity index (χ1n) is 7.82. The highest BCUT2D eigenvalue weighted by Gasteiger charge is 2.15. The molecule has 1 amide bonds. The fraction of sp³-hybridized carbons (Fsp3) is 0.412. The minimum atomic E-state index is -0.841. The minimum Gasteiger partial charge on any atom is -0.493 e. The number of aromatic nitrogens is 1. The summed E-state index contributed by atoms with van der Waals surface area (Å²) in [5.74, 6) is 2.00. The Kier molecular flexibility index (Phi) is 4.80. The lowest BCUT2D eigenvalue weighted by molar-refractivity contribution is 0.137. The molecule has 0 spiro atoms. The van der Waals surface area contributed by atoms with Crippen LogP contribution in [-0.2, 0) is 11.3 Å². The molecule has 0 aliphatic heterocycles. The zero-order valence-corrected chi connectivity index (χ0v) is 12.9. The minimum absolute atomic E-state index is 0.0229. The van der Waals surface area contributed by atoms with Crippen LogP contribution in [0.2, 0.25) is 0 Å².